The van der Waals surface area contributed by atoms with E-state index in [2.05, 4.69) is 10.4 Å². The Labute approximate surface area is 180 Å². The fraction of sp³-hybridized carbons (Fsp3) is 0.130. The van der Waals surface area contributed by atoms with E-state index in [4.69, 9.17) is 0 Å². The van der Waals surface area contributed by atoms with E-state index in [0.717, 1.165) is 29.3 Å². The van der Waals surface area contributed by atoms with Gasteiger partial charge in [-0.3, -0.25) is 4.79 Å². The predicted molar refractivity (Wildman–Crippen MR) is 110 cm³/mol. The SMILES string of the molecule is CC1=NN2C(=O)C=C(c3ccc(C(F)(F)F)cc3)NC2/C=C(c2ccc(F)cc2F)\C=C/1. The molecular weight excluding hydrogens is 429 g/mol. The molecule has 1 amide bonds. The highest BCUT2D eigenvalue weighted by Gasteiger charge is 2.31. The molecule has 0 aromatic heterocycles. The summed E-state index contributed by atoms with van der Waals surface area (Å²) in [6.07, 6.45) is 0.616. The van der Waals surface area contributed by atoms with E-state index in [1.807, 2.05) is 0 Å². The van der Waals surface area contributed by atoms with Crippen LogP contribution >= 0.6 is 0 Å². The second kappa shape index (κ2) is 8.07. The largest absolute Gasteiger partial charge is 0.416 e. The lowest BCUT2D eigenvalue weighted by Crippen LogP contribution is -2.48. The van der Waals surface area contributed by atoms with Gasteiger partial charge in [0.15, 0.2) is 0 Å². The van der Waals surface area contributed by atoms with Crippen molar-refractivity contribution in [1.82, 2.24) is 10.3 Å². The number of benzene rings is 2. The Kier molecular flexibility index (Phi) is 5.41. The summed E-state index contributed by atoms with van der Waals surface area (Å²) in [4.78, 5) is 12.7. The number of nitrogens with one attached hydrogen (secondary N) is 1. The van der Waals surface area contributed by atoms with Crippen LogP contribution < -0.4 is 5.32 Å². The third-order valence-electron chi connectivity index (χ3n) is 4.93. The van der Waals surface area contributed by atoms with E-state index in [1.165, 1.54) is 30.4 Å². The molecule has 4 rings (SSSR count). The molecule has 0 radical (unpaired) electrons. The summed E-state index contributed by atoms with van der Waals surface area (Å²) in [5.41, 5.74) is 0.809. The highest BCUT2D eigenvalue weighted by atomic mass is 19.4. The smallest absolute Gasteiger partial charge is 0.360 e. The van der Waals surface area contributed by atoms with Crippen LogP contribution in [-0.4, -0.2) is 22.8 Å². The van der Waals surface area contributed by atoms with Gasteiger partial charge in [0, 0.05) is 23.4 Å². The molecule has 1 unspecified atom stereocenters. The number of rotatable bonds is 2. The Hall–Kier alpha value is -3.75. The molecule has 0 fully saturated rings. The summed E-state index contributed by atoms with van der Waals surface area (Å²) >= 11 is 0. The molecule has 0 aliphatic carbocycles. The average molecular weight is 445 g/mol. The molecule has 9 heteroatoms. The Morgan fingerprint density at radius 1 is 1.03 bits per heavy atom. The van der Waals surface area contributed by atoms with E-state index in [-0.39, 0.29) is 11.3 Å². The maximum absolute atomic E-state index is 14.4. The number of hydrogen-bond donors (Lipinski definition) is 1. The topological polar surface area (TPSA) is 44.7 Å². The second-order valence-electron chi connectivity index (χ2n) is 7.23. The fourth-order valence-electron chi connectivity index (χ4n) is 3.36. The molecular formula is C23H16F5N3O. The van der Waals surface area contributed by atoms with Gasteiger partial charge in [-0.05, 0) is 54.5 Å². The fourth-order valence-corrected chi connectivity index (χ4v) is 3.36. The van der Waals surface area contributed by atoms with Crippen LogP contribution in [0.2, 0.25) is 0 Å². The summed E-state index contributed by atoms with van der Waals surface area (Å²) < 4.78 is 66.3. The Balaban J connectivity index is 1.73. The number of hydrazone groups is 1. The molecule has 0 saturated carbocycles. The molecule has 2 heterocycles. The minimum Gasteiger partial charge on any atom is -0.360 e. The molecule has 2 aliphatic heterocycles. The van der Waals surface area contributed by atoms with Gasteiger partial charge in [-0.1, -0.05) is 18.2 Å². The normalized spacial score (nSPS) is 21.3. The van der Waals surface area contributed by atoms with Crippen LogP contribution in [0.1, 0.15) is 23.6 Å². The lowest BCUT2D eigenvalue weighted by Gasteiger charge is -2.33. The monoisotopic (exact) mass is 445 g/mol. The number of hydrogen-bond acceptors (Lipinski definition) is 3. The van der Waals surface area contributed by atoms with E-state index < -0.39 is 35.4 Å². The van der Waals surface area contributed by atoms with Gasteiger partial charge in [-0.15, -0.1) is 0 Å². The molecule has 2 aromatic rings. The molecule has 32 heavy (non-hydrogen) atoms. The van der Waals surface area contributed by atoms with Gasteiger partial charge < -0.3 is 5.32 Å². The number of carbonyl (C=O) groups is 1. The van der Waals surface area contributed by atoms with Crippen molar-refractivity contribution >= 4 is 22.9 Å². The van der Waals surface area contributed by atoms with Crippen LogP contribution in [0.5, 0.6) is 0 Å². The first kappa shape index (κ1) is 21.5. The van der Waals surface area contributed by atoms with Gasteiger partial charge in [0.2, 0.25) is 0 Å². The standard InChI is InChI=1S/C23H16F5N3O/c1-13-2-3-15(18-9-8-17(24)11-19(18)25)10-21-29-20(12-22(32)31(21)30-13)14-4-6-16(7-5-14)23(26,27)28/h2-12,21,29H,1H3/b3-2-,15-10+,30-13?. The minimum absolute atomic E-state index is 0.122. The molecule has 164 valence electrons. The lowest BCUT2D eigenvalue weighted by molar-refractivity contribution is -0.137. The molecule has 2 aromatic carbocycles. The van der Waals surface area contributed by atoms with Crippen molar-refractivity contribution in [2.24, 2.45) is 5.10 Å². The number of fused-ring (bicyclic) bond motifs is 1. The van der Waals surface area contributed by atoms with Gasteiger partial charge in [-0.2, -0.15) is 18.3 Å². The molecule has 1 N–H and O–H groups in total. The van der Waals surface area contributed by atoms with E-state index in [0.29, 0.717) is 16.8 Å². The van der Waals surface area contributed by atoms with Crippen LogP contribution in [0.4, 0.5) is 22.0 Å². The second-order valence-corrected chi connectivity index (χ2v) is 7.23. The zero-order valence-corrected chi connectivity index (χ0v) is 16.6. The number of allylic oxidation sites excluding steroid dienone is 3. The van der Waals surface area contributed by atoms with Crippen molar-refractivity contribution < 1.29 is 26.7 Å². The van der Waals surface area contributed by atoms with Gasteiger partial charge >= 0.3 is 6.18 Å². The van der Waals surface area contributed by atoms with Crippen molar-refractivity contribution in [3.8, 4) is 0 Å². The van der Waals surface area contributed by atoms with E-state index in [1.54, 1.807) is 19.1 Å². The highest BCUT2D eigenvalue weighted by Crippen LogP contribution is 2.31. The highest BCUT2D eigenvalue weighted by molar-refractivity contribution is 6.01. The minimum atomic E-state index is -4.48. The van der Waals surface area contributed by atoms with E-state index >= 15 is 0 Å². The van der Waals surface area contributed by atoms with Crippen LogP contribution in [0.3, 0.4) is 0 Å². The zero-order chi connectivity index (χ0) is 23.0. The van der Waals surface area contributed by atoms with Gasteiger partial charge in [0.1, 0.15) is 17.8 Å². The molecule has 1 atom stereocenters. The van der Waals surface area contributed by atoms with Crippen LogP contribution in [0.15, 0.2) is 71.9 Å². The van der Waals surface area contributed by atoms with Crippen LogP contribution in [0.25, 0.3) is 11.3 Å². The number of amides is 1. The lowest BCUT2D eigenvalue weighted by atomic mass is 10.0. The first-order chi connectivity index (χ1) is 15.1. The first-order valence-corrected chi connectivity index (χ1v) is 9.51. The first-order valence-electron chi connectivity index (χ1n) is 9.51. The Morgan fingerprint density at radius 3 is 2.41 bits per heavy atom. The molecule has 2 aliphatic rings. The van der Waals surface area contributed by atoms with Crippen molar-refractivity contribution in [2.75, 3.05) is 0 Å². The van der Waals surface area contributed by atoms with Gasteiger partial charge in [-0.25, -0.2) is 13.8 Å². The van der Waals surface area contributed by atoms with Crippen molar-refractivity contribution in [3.05, 3.63) is 95.1 Å². The van der Waals surface area contributed by atoms with E-state index in [9.17, 15) is 26.7 Å². The summed E-state index contributed by atoms with van der Waals surface area (Å²) in [7, 11) is 0. The number of carbonyl (C=O) groups excluding carboxylic acids is 1. The van der Waals surface area contributed by atoms with Gasteiger partial charge in [0.05, 0.1) is 11.3 Å². The summed E-state index contributed by atoms with van der Waals surface area (Å²) in [5, 5.41) is 8.43. The average Bonchev–Trinajstić information content (AvgIpc) is 2.71. The quantitative estimate of drug-likeness (QED) is 0.653. The maximum Gasteiger partial charge on any atom is 0.416 e. The van der Waals surface area contributed by atoms with Gasteiger partial charge in [0.25, 0.3) is 5.91 Å². The molecule has 0 bridgehead atoms. The number of alkyl halides is 3. The van der Waals surface area contributed by atoms with Crippen LogP contribution in [-0.2, 0) is 11.0 Å². The number of halogens is 5. The molecule has 0 spiro atoms. The van der Waals surface area contributed by atoms with Crippen molar-refractivity contribution in [2.45, 2.75) is 19.3 Å². The Bertz CT molecular complexity index is 1190. The maximum atomic E-state index is 14.4. The third-order valence-corrected chi connectivity index (χ3v) is 4.93. The molecule has 0 saturated heterocycles. The third kappa shape index (κ3) is 4.32. The molecule has 4 nitrogen and oxygen atoms in total. The predicted octanol–water partition coefficient (Wildman–Crippen LogP) is 5.11. The van der Waals surface area contributed by atoms with Crippen molar-refractivity contribution in [1.29, 1.82) is 0 Å². The number of nitrogens with zero attached hydrogens (tertiary/aromatic N) is 2. The summed E-state index contributed by atoms with van der Waals surface area (Å²) in [6, 6.07) is 7.53. The van der Waals surface area contributed by atoms with Crippen molar-refractivity contribution in [3.63, 3.8) is 0 Å². The zero-order valence-electron chi connectivity index (χ0n) is 16.6. The van der Waals surface area contributed by atoms with Crippen LogP contribution in [0, 0.1) is 11.6 Å². The Morgan fingerprint density at radius 2 is 1.75 bits per heavy atom. The summed E-state index contributed by atoms with van der Waals surface area (Å²) in [5.74, 6) is -2.00. The summed E-state index contributed by atoms with van der Waals surface area (Å²) in [6.45, 7) is 1.65.